The summed E-state index contributed by atoms with van der Waals surface area (Å²) >= 11 is 0. The summed E-state index contributed by atoms with van der Waals surface area (Å²) in [6, 6.07) is 0.607. The fourth-order valence-electron chi connectivity index (χ4n) is 3.21. The van der Waals surface area contributed by atoms with Gasteiger partial charge >= 0.3 is 0 Å². The Morgan fingerprint density at radius 2 is 1.67 bits per heavy atom. The fraction of sp³-hybridized carbons (Fsp3) is 1.00. The van der Waals surface area contributed by atoms with Gasteiger partial charge in [-0.25, -0.2) is 0 Å². The number of hydrogen-bond acceptors (Lipinski definition) is 3. The maximum Gasteiger partial charge on any atom is 0.0938 e. The van der Waals surface area contributed by atoms with Crippen LogP contribution in [0, 0.1) is 5.92 Å². The molecule has 2 fully saturated rings. The average molecular weight is 213 g/mol. The van der Waals surface area contributed by atoms with Crippen LogP contribution in [0.2, 0.25) is 0 Å². The minimum atomic E-state index is -0.524. The molecule has 2 aliphatic rings. The molecule has 3 nitrogen and oxygen atoms in total. The standard InChI is InChI=1S/C12H23NO2/c1-2-9-5-3-4-6-10(9)13-7-11(14)12(15)8-13/h9-12,14-15H,2-8H2,1H3. The van der Waals surface area contributed by atoms with Gasteiger partial charge < -0.3 is 10.2 Å². The quantitative estimate of drug-likeness (QED) is 0.719. The molecule has 88 valence electrons. The second-order valence-corrected chi connectivity index (χ2v) is 5.11. The molecule has 1 heterocycles. The van der Waals surface area contributed by atoms with E-state index < -0.39 is 12.2 Å². The van der Waals surface area contributed by atoms with E-state index in [1.807, 2.05) is 0 Å². The Morgan fingerprint density at radius 1 is 1.07 bits per heavy atom. The van der Waals surface area contributed by atoms with Gasteiger partial charge in [0, 0.05) is 19.1 Å². The Balaban J connectivity index is 1.96. The first kappa shape index (κ1) is 11.4. The van der Waals surface area contributed by atoms with Gasteiger partial charge in [-0.1, -0.05) is 26.2 Å². The van der Waals surface area contributed by atoms with E-state index in [9.17, 15) is 10.2 Å². The molecule has 4 atom stereocenters. The summed E-state index contributed by atoms with van der Waals surface area (Å²) in [5.41, 5.74) is 0. The maximum absolute atomic E-state index is 9.57. The lowest BCUT2D eigenvalue weighted by molar-refractivity contribution is 0.0572. The van der Waals surface area contributed by atoms with Crippen molar-refractivity contribution < 1.29 is 10.2 Å². The Morgan fingerprint density at radius 3 is 2.27 bits per heavy atom. The van der Waals surface area contributed by atoms with Crippen LogP contribution in [0.25, 0.3) is 0 Å². The van der Waals surface area contributed by atoms with Crippen LogP contribution in [-0.2, 0) is 0 Å². The van der Waals surface area contributed by atoms with Crippen LogP contribution in [0.4, 0.5) is 0 Å². The van der Waals surface area contributed by atoms with E-state index in [-0.39, 0.29) is 0 Å². The minimum Gasteiger partial charge on any atom is -0.389 e. The zero-order valence-electron chi connectivity index (χ0n) is 9.60. The molecule has 1 aliphatic heterocycles. The topological polar surface area (TPSA) is 43.7 Å². The van der Waals surface area contributed by atoms with Gasteiger partial charge in [0.1, 0.15) is 0 Å². The fourth-order valence-corrected chi connectivity index (χ4v) is 3.21. The summed E-state index contributed by atoms with van der Waals surface area (Å²) in [6.07, 6.45) is 5.42. The van der Waals surface area contributed by atoms with Crippen molar-refractivity contribution in [2.75, 3.05) is 13.1 Å². The largest absolute Gasteiger partial charge is 0.389 e. The van der Waals surface area contributed by atoms with Crippen molar-refractivity contribution in [3.8, 4) is 0 Å². The van der Waals surface area contributed by atoms with E-state index in [0.717, 1.165) is 5.92 Å². The SMILES string of the molecule is CCC1CCCCC1N1CC(O)C(O)C1. The number of hydrogen-bond donors (Lipinski definition) is 2. The molecule has 0 amide bonds. The highest BCUT2D eigenvalue weighted by atomic mass is 16.3. The summed E-state index contributed by atoms with van der Waals surface area (Å²) in [5, 5.41) is 19.1. The Bertz CT molecular complexity index is 200. The molecule has 0 aromatic heterocycles. The van der Waals surface area contributed by atoms with Crippen molar-refractivity contribution in [3.63, 3.8) is 0 Å². The number of β-amino-alcohol motifs (C(OH)–C–C–N with tert-alkyl or cyclic N) is 2. The Labute approximate surface area is 92.1 Å². The van der Waals surface area contributed by atoms with Crippen molar-refractivity contribution in [2.24, 2.45) is 5.92 Å². The van der Waals surface area contributed by atoms with Gasteiger partial charge in [-0.05, 0) is 18.8 Å². The molecule has 2 N–H and O–H groups in total. The van der Waals surface area contributed by atoms with Gasteiger partial charge in [0.05, 0.1) is 12.2 Å². The predicted molar refractivity (Wildman–Crippen MR) is 59.6 cm³/mol. The van der Waals surface area contributed by atoms with Crippen LogP contribution in [0.5, 0.6) is 0 Å². The van der Waals surface area contributed by atoms with E-state index in [2.05, 4.69) is 11.8 Å². The third-order valence-corrected chi connectivity index (χ3v) is 4.15. The molecule has 0 radical (unpaired) electrons. The van der Waals surface area contributed by atoms with Crippen LogP contribution < -0.4 is 0 Å². The summed E-state index contributed by atoms with van der Waals surface area (Å²) in [6.45, 7) is 3.59. The van der Waals surface area contributed by atoms with E-state index in [1.54, 1.807) is 0 Å². The smallest absolute Gasteiger partial charge is 0.0938 e. The van der Waals surface area contributed by atoms with Gasteiger partial charge in [-0.3, -0.25) is 4.90 Å². The van der Waals surface area contributed by atoms with Gasteiger partial charge in [-0.2, -0.15) is 0 Å². The molecule has 4 unspecified atom stereocenters. The normalized spacial score (nSPS) is 43.4. The lowest BCUT2D eigenvalue weighted by Gasteiger charge is -2.37. The molecule has 15 heavy (non-hydrogen) atoms. The second-order valence-electron chi connectivity index (χ2n) is 5.11. The molecular formula is C12H23NO2. The van der Waals surface area contributed by atoms with Gasteiger partial charge in [0.25, 0.3) is 0 Å². The van der Waals surface area contributed by atoms with Crippen molar-refractivity contribution in [2.45, 2.75) is 57.3 Å². The van der Waals surface area contributed by atoms with Crippen molar-refractivity contribution in [1.29, 1.82) is 0 Å². The molecule has 0 spiro atoms. The number of aliphatic hydroxyl groups is 2. The summed E-state index contributed by atoms with van der Waals surface area (Å²) < 4.78 is 0. The molecule has 1 saturated carbocycles. The first-order valence-electron chi connectivity index (χ1n) is 6.32. The summed E-state index contributed by atoms with van der Waals surface area (Å²) in [7, 11) is 0. The van der Waals surface area contributed by atoms with Crippen LogP contribution in [0.1, 0.15) is 39.0 Å². The summed E-state index contributed by atoms with van der Waals surface area (Å²) in [5.74, 6) is 0.774. The number of aliphatic hydroxyl groups excluding tert-OH is 2. The third-order valence-electron chi connectivity index (χ3n) is 4.15. The average Bonchev–Trinajstić information content (AvgIpc) is 2.59. The molecular weight excluding hydrogens is 190 g/mol. The highest BCUT2D eigenvalue weighted by molar-refractivity contribution is 4.91. The first-order chi connectivity index (χ1) is 7.22. The molecule has 0 bridgehead atoms. The highest BCUT2D eigenvalue weighted by Crippen LogP contribution is 2.32. The molecule has 0 aromatic rings. The predicted octanol–water partition coefficient (Wildman–Crippen LogP) is 0.993. The van der Waals surface area contributed by atoms with Crippen LogP contribution in [0.3, 0.4) is 0 Å². The van der Waals surface area contributed by atoms with Gasteiger partial charge in [-0.15, -0.1) is 0 Å². The number of nitrogens with zero attached hydrogens (tertiary/aromatic N) is 1. The minimum absolute atomic E-state index is 0.524. The lowest BCUT2D eigenvalue weighted by atomic mass is 9.82. The number of rotatable bonds is 2. The third kappa shape index (κ3) is 2.35. The van der Waals surface area contributed by atoms with Gasteiger partial charge in [0.2, 0.25) is 0 Å². The zero-order valence-corrected chi connectivity index (χ0v) is 9.60. The summed E-state index contributed by atoms with van der Waals surface area (Å²) in [4.78, 5) is 2.31. The van der Waals surface area contributed by atoms with E-state index in [1.165, 1.54) is 32.1 Å². The molecule has 3 heteroatoms. The molecule has 1 saturated heterocycles. The highest BCUT2D eigenvalue weighted by Gasteiger charge is 2.37. The molecule has 1 aliphatic carbocycles. The van der Waals surface area contributed by atoms with E-state index in [4.69, 9.17) is 0 Å². The van der Waals surface area contributed by atoms with E-state index in [0.29, 0.717) is 19.1 Å². The van der Waals surface area contributed by atoms with Crippen molar-refractivity contribution in [1.82, 2.24) is 4.90 Å². The monoisotopic (exact) mass is 213 g/mol. The Hall–Kier alpha value is -0.120. The lowest BCUT2D eigenvalue weighted by Crippen LogP contribution is -2.41. The first-order valence-corrected chi connectivity index (χ1v) is 6.32. The zero-order chi connectivity index (χ0) is 10.8. The van der Waals surface area contributed by atoms with Crippen LogP contribution in [-0.4, -0.2) is 46.5 Å². The number of likely N-dealkylation sites (tertiary alicyclic amines) is 1. The van der Waals surface area contributed by atoms with E-state index >= 15 is 0 Å². The van der Waals surface area contributed by atoms with Crippen molar-refractivity contribution >= 4 is 0 Å². The van der Waals surface area contributed by atoms with Crippen LogP contribution in [0.15, 0.2) is 0 Å². The van der Waals surface area contributed by atoms with Crippen molar-refractivity contribution in [3.05, 3.63) is 0 Å². The second kappa shape index (κ2) is 4.81. The Kier molecular flexibility index (Phi) is 3.65. The maximum atomic E-state index is 9.57. The van der Waals surface area contributed by atoms with Gasteiger partial charge in [0.15, 0.2) is 0 Å². The van der Waals surface area contributed by atoms with Crippen LogP contribution >= 0.6 is 0 Å². The molecule has 0 aromatic carbocycles. The molecule has 2 rings (SSSR count).